The molecule has 1 aromatic carbocycles. The van der Waals surface area contributed by atoms with Gasteiger partial charge in [0.2, 0.25) is 0 Å². The van der Waals surface area contributed by atoms with Crippen molar-refractivity contribution in [3.63, 3.8) is 0 Å². The summed E-state index contributed by atoms with van der Waals surface area (Å²) in [7, 11) is 0. The highest BCUT2D eigenvalue weighted by Crippen LogP contribution is 2.07. The first-order valence-electron chi connectivity index (χ1n) is 6.99. The van der Waals surface area contributed by atoms with Crippen LogP contribution in [0, 0.1) is 0 Å². The lowest BCUT2D eigenvalue weighted by Crippen LogP contribution is -2.35. The Hall–Kier alpha value is -2.23. The van der Waals surface area contributed by atoms with Crippen molar-refractivity contribution in [2.24, 2.45) is 0 Å². The number of nitrogens with zero attached hydrogens (tertiary/aromatic N) is 1. The van der Waals surface area contributed by atoms with E-state index >= 15 is 0 Å². The average molecular weight is 271 g/mol. The molecule has 2 aromatic rings. The molecule has 0 fully saturated rings. The van der Waals surface area contributed by atoms with E-state index in [1.54, 1.807) is 0 Å². The summed E-state index contributed by atoms with van der Waals surface area (Å²) in [6.45, 7) is 4.10. The van der Waals surface area contributed by atoms with E-state index in [1.165, 1.54) is 5.56 Å². The van der Waals surface area contributed by atoms with Gasteiger partial charge in [-0.15, -0.1) is 0 Å². The zero-order chi connectivity index (χ0) is 14.2. The SMILES string of the molecule is CCCNC(=O)NCc1cccn1Cc1ccccc1. The first-order chi connectivity index (χ1) is 9.79. The maximum absolute atomic E-state index is 11.5. The Labute approximate surface area is 119 Å². The molecule has 0 aliphatic heterocycles. The van der Waals surface area contributed by atoms with Gasteiger partial charge in [0, 0.05) is 25.0 Å². The molecule has 0 unspecified atom stereocenters. The van der Waals surface area contributed by atoms with Gasteiger partial charge < -0.3 is 15.2 Å². The van der Waals surface area contributed by atoms with E-state index in [-0.39, 0.29) is 6.03 Å². The number of hydrogen-bond acceptors (Lipinski definition) is 1. The van der Waals surface area contributed by atoms with Gasteiger partial charge in [-0.05, 0) is 24.1 Å². The summed E-state index contributed by atoms with van der Waals surface area (Å²) in [4.78, 5) is 11.5. The van der Waals surface area contributed by atoms with Crippen LogP contribution in [0.15, 0.2) is 48.7 Å². The minimum absolute atomic E-state index is 0.112. The largest absolute Gasteiger partial charge is 0.345 e. The van der Waals surface area contributed by atoms with E-state index in [0.717, 1.165) is 18.7 Å². The number of carbonyl (C=O) groups is 1. The smallest absolute Gasteiger partial charge is 0.315 e. The van der Waals surface area contributed by atoms with Crippen LogP contribution in [0.3, 0.4) is 0 Å². The van der Waals surface area contributed by atoms with Gasteiger partial charge in [-0.3, -0.25) is 0 Å². The second-order valence-corrected chi connectivity index (χ2v) is 4.72. The third-order valence-electron chi connectivity index (χ3n) is 3.08. The number of urea groups is 1. The number of amides is 2. The van der Waals surface area contributed by atoms with E-state index in [9.17, 15) is 4.79 Å². The molecule has 0 aliphatic rings. The van der Waals surface area contributed by atoms with Gasteiger partial charge in [0.15, 0.2) is 0 Å². The zero-order valence-corrected chi connectivity index (χ0v) is 11.8. The molecular weight excluding hydrogens is 250 g/mol. The summed E-state index contributed by atoms with van der Waals surface area (Å²) in [5.41, 5.74) is 2.35. The minimum Gasteiger partial charge on any atom is -0.345 e. The van der Waals surface area contributed by atoms with Crippen LogP contribution in [-0.4, -0.2) is 17.1 Å². The summed E-state index contributed by atoms with van der Waals surface area (Å²) in [5.74, 6) is 0. The first-order valence-corrected chi connectivity index (χ1v) is 6.99. The van der Waals surface area contributed by atoms with Crippen LogP contribution in [0.5, 0.6) is 0 Å². The topological polar surface area (TPSA) is 46.1 Å². The molecule has 0 atom stereocenters. The van der Waals surface area contributed by atoms with E-state index in [1.807, 2.05) is 43.5 Å². The van der Waals surface area contributed by atoms with Crippen LogP contribution in [0.25, 0.3) is 0 Å². The lowest BCUT2D eigenvalue weighted by atomic mass is 10.2. The van der Waals surface area contributed by atoms with E-state index < -0.39 is 0 Å². The predicted octanol–water partition coefficient (Wildman–Crippen LogP) is 2.75. The Morgan fingerprint density at radius 2 is 1.90 bits per heavy atom. The molecule has 0 radical (unpaired) electrons. The Balaban J connectivity index is 1.90. The molecule has 0 spiro atoms. The Bertz CT molecular complexity index is 534. The Morgan fingerprint density at radius 3 is 2.65 bits per heavy atom. The van der Waals surface area contributed by atoms with Crippen LogP contribution < -0.4 is 10.6 Å². The standard InChI is InChI=1S/C16H21N3O/c1-2-10-17-16(20)18-12-15-9-6-11-19(15)13-14-7-4-3-5-8-14/h3-9,11H,2,10,12-13H2,1H3,(H2,17,18,20). The van der Waals surface area contributed by atoms with Crippen molar-refractivity contribution in [1.82, 2.24) is 15.2 Å². The normalized spacial score (nSPS) is 10.2. The van der Waals surface area contributed by atoms with E-state index in [2.05, 4.69) is 27.3 Å². The minimum atomic E-state index is -0.112. The van der Waals surface area contributed by atoms with Crippen molar-refractivity contribution in [3.8, 4) is 0 Å². The molecule has 2 N–H and O–H groups in total. The molecule has 0 bridgehead atoms. The summed E-state index contributed by atoms with van der Waals surface area (Å²) in [6, 6.07) is 14.2. The van der Waals surface area contributed by atoms with Crippen molar-refractivity contribution >= 4 is 6.03 Å². The van der Waals surface area contributed by atoms with E-state index in [0.29, 0.717) is 13.1 Å². The first kappa shape index (κ1) is 14.2. The lowest BCUT2D eigenvalue weighted by molar-refractivity contribution is 0.240. The molecule has 4 heteroatoms. The monoisotopic (exact) mass is 271 g/mol. The average Bonchev–Trinajstić information content (AvgIpc) is 2.91. The second kappa shape index (κ2) is 7.38. The summed E-state index contributed by atoms with van der Waals surface area (Å²) >= 11 is 0. The molecule has 2 amide bonds. The van der Waals surface area contributed by atoms with Gasteiger partial charge in [-0.2, -0.15) is 0 Å². The molecule has 0 aliphatic carbocycles. The Morgan fingerprint density at radius 1 is 1.10 bits per heavy atom. The number of nitrogens with one attached hydrogen (secondary N) is 2. The molecular formula is C16H21N3O. The van der Waals surface area contributed by atoms with Crippen molar-refractivity contribution in [3.05, 3.63) is 59.9 Å². The molecule has 2 rings (SSSR count). The maximum atomic E-state index is 11.5. The third kappa shape index (κ3) is 4.16. The molecule has 106 valence electrons. The number of carbonyl (C=O) groups excluding carboxylic acids is 1. The van der Waals surface area contributed by atoms with Crippen LogP contribution >= 0.6 is 0 Å². The van der Waals surface area contributed by atoms with Gasteiger partial charge in [-0.1, -0.05) is 37.3 Å². The molecule has 4 nitrogen and oxygen atoms in total. The highest BCUT2D eigenvalue weighted by Gasteiger charge is 2.04. The number of benzene rings is 1. The highest BCUT2D eigenvalue weighted by molar-refractivity contribution is 5.73. The number of hydrogen-bond donors (Lipinski definition) is 2. The van der Waals surface area contributed by atoms with Gasteiger partial charge in [-0.25, -0.2) is 4.79 Å². The maximum Gasteiger partial charge on any atom is 0.315 e. The fourth-order valence-electron chi connectivity index (χ4n) is 2.02. The van der Waals surface area contributed by atoms with E-state index in [4.69, 9.17) is 0 Å². The van der Waals surface area contributed by atoms with Crippen LogP contribution in [0.1, 0.15) is 24.6 Å². The van der Waals surface area contributed by atoms with Crippen LogP contribution in [0.2, 0.25) is 0 Å². The molecule has 1 aromatic heterocycles. The fraction of sp³-hybridized carbons (Fsp3) is 0.312. The van der Waals surface area contributed by atoms with Crippen LogP contribution in [-0.2, 0) is 13.1 Å². The summed E-state index contributed by atoms with van der Waals surface area (Å²) < 4.78 is 2.15. The van der Waals surface area contributed by atoms with Crippen LogP contribution in [0.4, 0.5) is 4.79 Å². The molecule has 20 heavy (non-hydrogen) atoms. The van der Waals surface area contributed by atoms with Crippen molar-refractivity contribution in [1.29, 1.82) is 0 Å². The second-order valence-electron chi connectivity index (χ2n) is 4.72. The highest BCUT2D eigenvalue weighted by atomic mass is 16.2. The Kier molecular flexibility index (Phi) is 5.24. The predicted molar refractivity (Wildman–Crippen MR) is 80.5 cm³/mol. The van der Waals surface area contributed by atoms with Crippen molar-refractivity contribution in [2.75, 3.05) is 6.54 Å². The van der Waals surface area contributed by atoms with Gasteiger partial charge in [0.05, 0.1) is 6.54 Å². The van der Waals surface area contributed by atoms with Gasteiger partial charge >= 0.3 is 6.03 Å². The fourth-order valence-corrected chi connectivity index (χ4v) is 2.02. The van der Waals surface area contributed by atoms with Gasteiger partial charge in [0.1, 0.15) is 0 Å². The molecule has 0 saturated carbocycles. The summed E-state index contributed by atoms with van der Waals surface area (Å²) in [5, 5.41) is 5.68. The van der Waals surface area contributed by atoms with Crippen molar-refractivity contribution < 1.29 is 4.79 Å². The third-order valence-corrected chi connectivity index (χ3v) is 3.08. The number of aromatic nitrogens is 1. The zero-order valence-electron chi connectivity index (χ0n) is 11.8. The molecule has 0 saturated heterocycles. The quantitative estimate of drug-likeness (QED) is 0.833. The van der Waals surface area contributed by atoms with Gasteiger partial charge in [0.25, 0.3) is 0 Å². The summed E-state index contributed by atoms with van der Waals surface area (Å²) in [6.07, 6.45) is 2.98. The lowest BCUT2D eigenvalue weighted by Gasteiger charge is -2.11. The molecule has 1 heterocycles. The number of rotatable bonds is 6. The van der Waals surface area contributed by atoms with Crippen molar-refractivity contribution in [2.45, 2.75) is 26.4 Å².